The van der Waals surface area contributed by atoms with Gasteiger partial charge in [0.25, 0.3) is 0 Å². The molecule has 0 aromatic heterocycles. The molecule has 0 fully saturated rings. The van der Waals surface area contributed by atoms with Crippen molar-refractivity contribution >= 4 is 0 Å². The van der Waals surface area contributed by atoms with Gasteiger partial charge in [0.1, 0.15) is 5.75 Å². The molecule has 0 saturated carbocycles. The molecule has 0 spiro atoms. The molecule has 0 radical (unpaired) electrons. The highest BCUT2D eigenvalue weighted by atomic mass is 16.5. The lowest BCUT2D eigenvalue weighted by Gasteiger charge is -2.18. The highest BCUT2D eigenvalue weighted by Crippen LogP contribution is 2.30. The molecule has 1 aromatic carbocycles. The molecule has 0 unspecified atom stereocenters. The van der Waals surface area contributed by atoms with Crippen LogP contribution in [0.5, 0.6) is 5.75 Å². The molecule has 102 valence electrons. The lowest BCUT2D eigenvalue weighted by atomic mass is 9.94. The van der Waals surface area contributed by atoms with Crippen molar-refractivity contribution in [2.75, 3.05) is 7.11 Å². The molecule has 1 aromatic rings. The smallest absolute Gasteiger partial charge is 0.123 e. The minimum absolute atomic E-state index is 0.0881. The molecular weight excluding hydrogens is 222 g/mol. The van der Waals surface area contributed by atoms with Gasteiger partial charge in [0, 0.05) is 11.6 Å². The van der Waals surface area contributed by atoms with Gasteiger partial charge in [-0.1, -0.05) is 52.2 Å². The number of nitrogens with two attached hydrogens (primary N) is 1. The van der Waals surface area contributed by atoms with E-state index >= 15 is 0 Å². The zero-order valence-corrected chi connectivity index (χ0v) is 12.2. The van der Waals surface area contributed by atoms with Gasteiger partial charge in [0.15, 0.2) is 0 Å². The molecule has 2 N–H and O–H groups in total. The van der Waals surface area contributed by atoms with Gasteiger partial charge >= 0.3 is 0 Å². The normalized spacial score (nSPS) is 12.8. The summed E-state index contributed by atoms with van der Waals surface area (Å²) in [6.07, 6.45) is 4.70. The van der Waals surface area contributed by atoms with Gasteiger partial charge in [-0.25, -0.2) is 0 Å². The molecule has 0 heterocycles. The van der Waals surface area contributed by atoms with Gasteiger partial charge in [0.05, 0.1) is 7.11 Å². The van der Waals surface area contributed by atoms with Crippen LogP contribution in [0.25, 0.3) is 0 Å². The Morgan fingerprint density at radius 1 is 1.22 bits per heavy atom. The zero-order valence-electron chi connectivity index (χ0n) is 12.2. The van der Waals surface area contributed by atoms with Crippen molar-refractivity contribution in [1.29, 1.82) is 0 Å². The number of ether oxygens (including phenoxy) is 1. The number of methoxy groups -OCH3 is 1. The Balaban J connectivity index is 2.85. The average molecular weight is 249 g/mol. The van der Waals surface area contributed by atoms with Crippen LogP contribution in [-0.4, -0.2) is 7.11 Å². The van der Waals surface area contributed by atoms with E-state index in [0.717, 1.165) is 17.7 Å². The van der Waals surface area contributed by atoms with E-state index in [9.17, 15) is 0 Å². The minimum atomic E-state index is 0.0881. The molecule has 18 heavy (non-hydrogen) atoms. The Morgan fingerprint density at radius 3 is 2.50 bits per heavy atom. The number of hydrogen-bond acceptors (Lipinski definition) is 2. The van der Waals surface area contributed by atoms with Gasteiger partial charge in [-0.3, -0.25) is 0 Å². The van der Waals surface area contributed by atoms with Gasteiger partial charge in [-0.2, -0.15) is 0 Å². The topological polar surface area (TPSA) is 35.2 Å². The third-order valence-electron chi connectivity index (χ3n) is 3.44. The molecule has 0 saturated heterocycles. The molecule has 1 rings (SSSR count). The monoisotopic (exact) mass is 249 g/mol. The van der Waals surface area contributed by atoms with Crippen LogP contribution < -0.4 is 10.5 Å². The van der Waals surface area contributed by atoms with E-state index in [2.05, 4.69) is 32.9 Å². The summed E-state index contributed by atoms with van der Waals surface area (Å²) < 4.78 is 5.43. The summed E-state index contributed by atoms with van der Waals surface area (Å²) in [5.41, 5.74) is 8.78. The molecule has 2 heteroatoms. The Kier molecular flexibility index (Phi) is 6.20. The second-order valence-corrected chi connectivity index (χ2v) is 5.26. The fraction of sp³-hybridized carbons (Fsp3) is 0.625. The van der Waals surface area contributed by atoms with Gasteiger partial charge < -0.3 is 10.5 Å². The van der Waals surface area contributed by atoms with Crippen molar-refractivity contribution < 1.29 is 4.74 Å². The van der Waals surface area contributed by atoms with Gasteiger partial charge in [0.2, 0.25) is 0 Å². The van der Waals surface area contributed by atoms with Crippen LogP contribution in [0.3, 0.4) is 0 Å². The molecular formula is C16H27NO. The summed E-state index contributed by atoms with van der Waals surface area (Å²) in [4.78, 5) is 0. The first-order valence-corrected chi connectivity index (χ1v) is 7.03. The highest BCUT2D eigenvalue weighted by molar-refractivity contribution is 5.40. The summed E-state index contributed by atoms with van der Waals surface area (Å²) in [5, 5.41) is 0. The Hall–Kier alpha value is -1.02. The van der Waals surface area contributed by atoms with E-state index in [4.69, 9.17) is 10.5 Å². The van der Waals surface area contributed by atoms with Crippen molar-refractivity contribution in [3.05, 3.63) is 29.3 Å². The van der Waals surface area contributed by atoms with Crippen molar-refractivity contribution in [3.63, 3.8) is 0 Å². The van der Waals surface area contributed by atoms with Crippen molar-refractivity contribution in [2.24, 2.45) is 5.73 Å². The fourth-order valence-electron chi connectivity index (χ4n) is 2.17. The van der Waals surface area contributed by atoms with E-state index in [1.54, 1.807) is 7.11 Å². The van der Waals surface area contributed by atoms with Crippen molar-refractivity contribution in [1.82, 2.24) is 0 Å². The molecule has 1 atom stereocenters. The first-order valence-electron chi connectivity index (χ1n) is 7.03. The Labute approximate surface area is 112 Å². The maximum Gasteiger partial charge on any atom is 0.123 e. The van der Waals surface area contributed by atoms with Crippen LogP contribution in [0.15, 0.2) is 18.2 Å². The van der Waals surface area contributed by atoms with E-state index in [1.165, 1.54) is 24.8 Å². The zero-order chi connectivity index (χ0) is 13.5. The first-order chi connectivity index (χ1) is 8.60. The molecule has 2 nitrogen and oxygen atoms in total. The van der Waals surface area contributed by atoms with Crippen molar-refractivity contribution in [2.45, 2.75) is 58.4 Å². The Morgan fingerprint density at radius 2 is 1.94 bits per heavy atom. The summed E-state index contributed by atoms with van der Waals surface area (Å²) in [7, 11) is 1.71. The predicted molar refractivity (Wildman–Crippen MR) is 78.2 cm³/mol. The second kappa shape index (κ2) is 7.42. The van der Waals surface area contributed by atoms with Crippen LogP contribution >= 0.6 is 0 Å². The average Bonchev–Trinajstić information content (AvgIpc) is 2.38. The largest absolute Gasteiger partial charge is 0.496 e. The summed E-state index contributed by atoms with van der Waals surface area (Å²) >= 11 is 0. The number of benzene rings is 1. The fourth-order valence-corrected chi connectivity index (χ4v) is 2.17. The number of unbranched alkanes of at least 4 members (excludes halogenated alkanes) is 2. The van der Waals surface area contributed by atoms with E-state index in [-0.39, 0.29) is 6.04 Å². The maximum atomic E-state index is 6.30. The molecule has 0 bridgehead atoms. The van der Waals surface area contributed by atoms with E-state index in [0.29, 0.717) is 5.92 Å². The van der Waals surface area contributed by atoms with E-state index < -0.39 is 0 Å². The number of rotatable bonds is 7. The van der Waals surface area contributed by atoms with Crippen LogP contribution in [-0.2, 0) is 0 Å². The van der Waals surface area contributed by atoms with Crippen LogP contribution in [0.4, 0.5) is 0 Å². The maximum absolute atomic E-state index is 6.30. The molecule has 0 aliphatic rings. The Bertz CT molecular complexity index is 360. The third kappa shape index (κ3) is 4.02. The summed E-state index contributed by atoms with van der Waals surface area (Å²) in [6, 6.07) is 6.47. The lowest BCUT2D eigenvalue weighted by molar-refractivity contribution is 0.403. The highest BCUT2D eigenvalue weighted by Gasteiger charge is 2.13. The van der Waals surface area contributed by atoms with Gasteiger partial charge in [-0.05, 0) is 24.0 Å². The predicted octanol–water partition coefficient (Wildman–Crippen LogP) is 4.40. The van der Waals surface area contributed by atoms with Crippen LogP contribution in [0, 0.1) is 0 Å². The third-order valence-corrected chi connectivity index (χ3v) is 3.44. The van der Waals surface area contributed by atoms with Crippen molar-refractivity contribution in [3.8, 4) is 5.75 Å². The number of hydrogen-bond donors (Lipinski definition) is 1. The molecule has 0 aliphatic heterocycles. The summed E-state index contributed by atoms with van der Waals surface area (Å²) in [6.45, 7) is 6.62. The molecule has 0 amide bonds. The first kappa shape index (κ1) is 15.0. The minimum Gasteiger partial charge on any atom is -0.496 e. The standard InChI is InChI=1S/C16H27NO/c1-5-6-7-8-15(17)14-11-13(12(2)3)9-10-16(14)18-4/h9-12,15H,5-8,17H2,1-4H3/t15-/m1/s1. The molecule has 0 aliphatic carbocycles. The quantitative estimate of drug-likeness (QED) is 0.727. The second-order valence-electron chi connectivity index (χ2n) is 5.26. The van der Waals surface area contributed by atoms with Crippen LogP contribution in [0.2, 0.25) is 0 Å². The van der Waals surface area contributed by atoms with E-state index in [1.807, 2.05) is 6.07 Å². The SMILES string of the molecule is CCCCC[C@@H](N)c1cc(C(C)C)ccc1OC. The summed E-state index contributed by atoms with van der Waals surface area (Å²) in [5.74, 6) is 1.45. The lowest BCUT2D eigenvalue weighted by Crippen LogP contribution is -2.12. The van der Waals surface area contributed by atoms with Crippen LogP contribution in [0.1, 0.15) is 69.5 Å². The van der Waals surface area contributed by atoms with Gasteiger partial charge in [-0.15, -0.1) is 0 Å².